The average Bonchev–Trinajstić information content (AvgIpc) is 2.54. The van der Waals surface area contributed by atoms with Gasteiger partial charge in [-0.05, 0) is 0 Å². The van der Waals surface area contributed by atoms with Gasteiger partial charge in [0.2, 0.25) is 11.5 Å². The maximum Gasteiger partial charge on any atom is 0.422 e. The van der Waals surface area contributed by atoms with E-state index in [0.29, 0.717) is 0 Å². The normalized spacial score (nSPS) is 25.2. The Morgan fingerprint density at radius 2 is 0.929 bits per heavy atom. The SMILES string of the molecule is FC(F)(F)COC1=C(OCC(F)(F)F)C(F)(OCC(F)(F)F)C(F)(F)C1(F)F. The van der Waals surface area contributed by atoms with Gasteiger partial charge in [-0.15, -0.1) is 0 Å². The third-order valence-electron chi connectivity index (χ3n) is 2.78. The van der Waals surface area contributed by atoms with Crippen LogP contribution < -0.4 is 0 Å². The topological polar surface area (TPSA) is 27.7 Å². The Bertz CT molecular complexity index is 601. The van der Waals surface area contributed by atoms with Gasteiger partial charge < -0.3 is 14.2 Å². The van der Waals surface area contributed by atoms with Crippen LogP contribution in [0.2, 0.25) is 0 Å². The lowest BCUT2D eigenvalue weighted by atomic mass is 10.1. The van der Waals surface area contributed by atoms with Crippen LogP contribution in [-0.4, -0.2) is 56.0 Å². The summed E-state index contributed by atoms with van der Waals surface area (Å²) in [6.45, 7) is -8.70. The van der Waals surface area contributed by atoms with Crippen LogP contribution in [0.15, 0.2) is 11.5 Å². The zero-order valence-electron chi connectivity index (χ0n) is 12.6. The Kier molecular flexibility index (Phi) is 6.07. The van der Waals surface area contributed by atoms with E-state index in [2.05, 4.69) is 14.2 Å². The summed E-state index contributed by atoms with van der Waals surface area (Å²) in [4.78, 5) is 0. The van der Waals surface area contributed by atoms with Crippen LogP contribution in [0.5, 0.6) is 0 Å². The Morgan fingerprint density at radius 1 is 0.571 bits per heavy atom. The molecular weight excluding hydrogens is 446 g/mol. The number of hydrogen-bond donors (Lipinski definition) is 0. The highest BCUT2D eigenvalue weighted by atomic mass is 19.4. The summed E-state index contributed by atoms with van der Waals surface area (Å²) in [5, 5.41) is 0. The maximum atomic E-state index is 14.4. The molecule has 0 aliphatic heterocycles. The fourth-order valence-electron chi connectivity index (χ4n) is 1.74. The molecule has 166 valence electrons. The zero-order valence-corrected chi connectivity index (χ0v) is 12.6. The lowest BCUT2D eigenvalue weighted by molar-refractivity contribution is -0.338. The van der Waals surface area contributed by atoms with Crippen molar-refractivity contribution >= 4 is 0 Å². The Balaban J connectivity index is 3.47. The summed E-state index contributed by atoms with van der Waals surface area (Å²) in [5.74, 6) is -24.4. The first-order valence-electron chi connectivity index (χ1n) is 6.43. The van der Waals surface area contributed by atoms with Gasteiger partial charge in [-0.3, -0.25) is 0 Å². The lowest BCUT2D eigenvalue weighted by Crippen LogP contribution is -2.54. The molecular formula is C11H6F14O3. The van der Waals surface area contributed by atoms with Gasteiger partial charge in [-0.1, -0.05) is 0 Å². The van der Waals surface area contributed by atoms with Crippen molar-refractivity contribution in [2.24, 2.45) is 0 Å². The minimum Gasteiger partial charge on any atom is -0.479 e. The molecule has 1 atom stereocenters. The van der Waals surface area contributed by atoms with Gasteiger partial charge in [0.05, 0.1) is 0 Å². The van der Waals surface area contributed by atoms with Crippen molar-refractivity contribution in [3.63, 3.8) is 0 Å². The molecule has 0 radical (unpaired) electrons. The van der Waals surface area contributed by atoms with Crippen molar-refractivity contribution in [2.45, 2.75) is 36.2 Å². The first-order chi connectivity index (χ1) is 12.1. The Morgan fingerprint density at radius 3 is 1.29 bits per heavy atom. The quantitative estimate of drug-likeness (QED) is 0.538. The number of hydrogen-bond acceptors (Lipinski definition) is 3. The molecule has 0 amide bonds. The van der Waals surface area contributed by atoms with Crippen LogP contribution in [0.25, 0.3) is 0 Å². The molecule has 0 saturated heterocycles. The molecule has 1 unspecified atom stereocenters. The molecule has 1 aliphatic carbocycles. The summed E-state index contributed by atoms with van der Waals surface area (Å²) in [7, 11) is 0. The monoisotopic (exact) mass is 452 g/mol. The second-order valence-electron chi connectivity index (χ2n) is 5.11. The van der Waals surface area contributed by atoms with E-state index in [1.54, 1.807) is 0 Å². The molecule has 0 bridgehead atoms. The molecule has 3 nitrogen and oxygen atoms in total. The van der Waals surface area contributed by atoms with E-state index in [4.69, 9.17) is 0 Å². The second-order valence-corrected chi connectivity index (χ2v) is 5.11. The first kappa shape index (κ1) is 24.4. The van der Waals surface area contributed by atoms with Crippen LogP contribution in [0.3, 0.4) is 0 Å². The van der Waals surface area contributed by atoms with Crippen LogP contribution in [-0.2, 0) is 14.2 Å². The summed E-state index contributed by atoms with van der Waals surface area (Å²) in [6.07, 6.45) is -16.7. The van der Waals surface area contributed by atoms with E-state index in [0.717, 1.165) is 0 Å². The van der Waals surface area contributed by atoms with Crippen LogP contribution in [0, 0.1) is 0 Å². The molecule has 0 aromatic rings. The molecule has 1 aliphatic rings. The molecule has 0 heterocycles. The number of ether oxygens (including phenoxy) is 3. The summed E-state index contributed by atoms with van der Waals surface area (Å²) < 4.78 is 188. The number of alkyl halides is 14. The van der Waals surface area contributed by atoms with Crippen molar-refractivity contribution in [3.8, 4) is 0 Å². The molecule has 0 aromatic carbocycles. The van der Waals surface area contributed by atoms with Crippen molar-refractivity contribution in [1.29, 1.82) is 0 Å². The lowest BCUT2D eigenvalue weighted by Gasteiger charge is -2.30. The van der Waals surface area contributed by atoms with E-state index >= 15 is 0 Å². The molecule has 0 aromatic heterocycles. The van der Waals surface area contributed by atoms with E-state index < -0.39 is 67.6 Å². The van der Waals surface area contributed by atoms with Gasteiger partial charge >= 0.3 is 36.2 Å². The maximum absolute atomic E-state index is 14.4. The fourth-order valence-corrected chi connectivity index (χ4v) is 1.74. The van der Waals surface area contributed by atoms with Crippen LogP contribution in [0.4, 0.5) is 61.5 Å². The van der Waals surface area contributed by atoms with Crippen LogP contribution in [0.1, 0.15) is 0 Å². The van der Waals surface area contributed by atoms with Gasteiger partial charge in [0.1, 0.15) is 6.61 Å². The number of rotatable bonds is 6. The molecule has 0 saturated carbocycles. The van der Waals surface area contributed by atoms with Crippen molar-refractivity contribution in [2.75, 3.05) is 19.8 Å². The standard InChI is InChI=1S/C11H6F14O3/c12-6(13,14)1-26-4-5(27-2-7(15,16)17)10(23,28-3-8(18,19)20)11(24,25)9(4,21)22/h1-3H2. The van der Waals surface area contributed by atoms with Gasteiger partial charge in [0, 0.05) is 0 Å². The highest BCUT2D eigenvalue weighted by molar-refractivity contribution is 5.34. The summed E-state index contributed by atoms with van der Waals surface area (Å²) in [5.41, 5.74) is 0. The predicted octanol–water partition coefficient (Wildman–Crippen LogP) is 4.88. The molecule has 0 spiro atoms. The second kappa shape index (κ2) is 6.98. The third-order valence-corrected chi connectivity index (χ3v) is 2.78. The molecule has 0 fully saturated rings. The number of allylic oxidation sites excluding steroid dienone is 1. The Hall–Kier alpha value is -1.68. The van der Waals surface area contributed by atoms with E-state index in [-0.39, 0.29) is 0 Å². The minimum absolute atomic E-state index is 2.83. The van der Waals surface area contributed by atoms with E-state index in [1.165, 1.54) is 0 Å². The van der Waals surface area contributed by atoms with Gasteiger partial charge in [-0.25, -0.2) is 0 Å². The smallest absolute Gasteiger partial charge is 0.422 e. The van der Waals surface area contributed by atoms with Gasteiger partial charge in [0.15, 0.2) is 13.2 Å². The van der Waals surface area contributed by atoms with Crippen molar-refractivity contribution in [3.05, 3.63) is 11.5 Å². The zero-order chi connectivity index (χ0) is 22.4. The largest absolute Gasteiger partial charge is 0.479 e. The predicted molar refractivity (Wildman–Crippen MR) is 56.8 cm³/mol. The minimum atomic E-state index is -6.42. The molecule has 17 heteroatoms. The highest BCUT2D eigenvalue weighted by Crippen LogP contribution is 2.60. The highest BCUT2D eigenvalue weighted by Gasteiger charge is 2.83. The summed E-state index contributed by atoms with van der Waals surface area (Å²) in [6, 6.07) is 0. The molecule has 0 N–H and O–H groups in total. The fraction of sp³-hybridized carbons (Fsp3) is 0.818. The van der Waals surface area contributed by atoms with Crippen LogP contribution >= 0.6 is 0 Å². The van der Waals surface area contributed by atoms with Crippen molar-refractivity contribution in [1.82, 2.24) is 0 Å². The van der Waals surface area contributed by atoms with Gasteiger partial charge in [-0.2, -0.15) is 61.5 Å². The number of halogens is 14. The first-order valence-corrected chi connectivity index (χ1v) is 6.43. The third kappa shape index (κ3) is 5.02. The molecule has 1 rings (SSSR count). The van der Waals surface area contributed by atoms with Crippen molar-refractivity contribution < 1.29 is 75.7 Å². The molecule has 28 heavy (non-hydrogen) atoms. The van der Waals surface area contributed by atoms with E-state index in [1.807, 2.05) is 0 Å². The summed E-state index contributed by atoms with van der Waals surface area (Å²) >= 11 is 0. The Labute approximate surface area is 144 Å². The van der Waals surface area contributed by atoms with E-state index in [9.17, 15) is 61.5 Å². The average molecular weight is 452 g/mol. The van der Waals surface area contributed by atoms with Gasteiger partial charge in [0.25, 0.3) is 0 Å².